The second-order valence-corrected chi connectivity index (χ2v) is 5.21. The molecule has 2 amide bonds. The van der Waals surface area contributed by atoms with Gasteiger partial charge in [-0.1, -0.05) is 18.2 Å². The van der Waals surface area contributed by atoms with E-state index in [0.29, 0.717) is 0 Å². The summed E-state index contributed by atoms with van der Waals surface area (Å²) < 4.78 is 0. The Balaban J connectivity index is 1.96. The van der Waals surface area contributed by atoms with Crippen LogP contribution in [0.2, 0.25) is 0 Å². The summed E-state index contributed by atoms with van der Waals surface area (Å²) in [5.41, 5.74) is 12.7. The first kappa shape index (κ1) is 10.9. The number of nitrogens with zero attached hydrogens (tertiary/aromatic N) is 1. The molecule has 5 nitrogen and oxygen atoms in total. The summed E-state index contributed by atoms with van der Waals surface area (Å²) >= 11 is 0. The fraction of sp³-hybridized carbons (Fsp3) is 0.357. The van der Waals surface area contributed by atoms with E-state index in [2.05, 4.69) is 5.48 Å². The highest BCUT2D eigenvalue weighted by Crippen LogP contribution is 2.45. The fourth-order valence-electron chi connectivity index (χ4n) is 3.48. The molecule has 2 unspecified atom stereocenters. The van der Waals surface area contributed by atoms with Gasteiger partial charge in [-0.2, -0.15) is 0 Å². The van der Waals surface area contributed by atoms with Crippen LogP contribution in [0.4, 0.5) is 10.5 Å². The van der Waals surface area contributed by atoms with Gasteiger partial charge < -0.3 is 5.73 Å². The molecule has 0 saturated heterocycles. The number of nitrogens with one attached hydrogen (secondary N) is 1. The number of carbonyl (C=O) groups excluding carboxylic acids is 1. The number of para-hydroxylation sites is 1. The van der Waals surface area contributed by atoms with Crippen LogP contribution in [0.15, 0.2) is 29.8 Å². The molecular weight excluding hydrogens is 242 g/mol. The number of rotatable bonds is 0. The molecule has 98 valence electrons. The van der Waals surface area contributed by atoms with Crippen molar-refractivity contribution >= 4 is 17.4 Å². The van der Waals surface area contributed by atoms with Crippen LogP contribution in [0, 0.1) is 0 Å². The van der Waals surface area contributed by atoms with Gasteiger partial charge in [0.1, 0.15) is 6.10 Å². The highest BCUT2D eigenvalue weighted by atomic mass is 16.7. The maximum atomic E-state index is 11.9. The number of amides is 2. The second-order valence-electron chi connectivity index (χ2n) is 5.21. The van der Waals surface area contributed by atoms with E-state index in [1.807, 2.05) is 24.3 Å². The summed E-state index contributed by atoms with van der Waals surface area (Å²) in [6.45, 7) is 0. The third-order valence-electron chi connectivity index (χ3n) is 4.22. The van der Waals surface area contributed by atoms with Crippen molar-refractivity contribution in [3.8, 4) is 0 Å². The van der Waals surface area contributed by atoms with E-state index >= 15 is 0 Å². The normalized spacial score (nSPS) is 27.7. The molecule has 2 heterocycles. The first-order chi connectivity index (χ1) is 9.27. The van der Waals surface area contributed by atoms with Crippen molar-refractivity contribution in [1.82, 2.24) is 5.48 Å². The summed E-state index contributed by atoms with van der Waals surface area (Å²) in [5, 5.41) is 0. The van der Waals surface area contributed by atoms with Gasteiger partial charge in [0.15, 0.2) is 0 Å². The monoisotopic (exact) mass is 257 g/mol. The van der Waals surface area contributed by atoms with Gasteiger partial charge in [-0.05, 0) is 25.3 Å². The van der Waals surface area contributed by atoms with E-state index in [-0.39, 0.29) is 12.1 Å². The number of nitrogens with two attached hydrogens (primary N) is 1. The van der Waals surface area contributed by atoms with Gasteiger partial charge in [0.2, 0.25) is 0 Å². The Hall–Kier alpha value is -2.01. The lowest BCUT2D eigenvalue weighted by Crippen LogP contribution is -2.49. The van der Waals surface area contributed by atoms with E-state index in [1.54, 1.807) is 4.90 Å². The lowest BCUT2D eigenvalue weighted by molar-refractivity contribution is 0.0332. The number of anilines is 1. The highest BCUT2D eigenvalue weighted by molar-refractivity contribution is 5.99. The summed E-state index contributed by atoms with van der Waals surface area (Å²) in [6, 6.07) is 7.47. The van der Waals surface area contributed by atoms with E-state index in [4.69, 9.17) is 10.6 Å². The maximum absolute atomic E-state index is 11.9. The van der Waals surface area contributed by atoms with Crippen LogP contribution in [0.5, 0.6) is 0 Å². The number of hydroxylamine groups is 1. The molecule has 1 aromatic rings. The molecule has 0 radical (unpaired) electrons. The summed E-state index contributed by atoms with van der Waals surface area (Å²) in [5.74, 6) is 0. The van der Waals surface area contributed by atoms with Gasteiger partial charge in [0.25, 0.3) is 0 Å². The molecule has 2 aliphatic heterocycles. The third-order valence-corrected chi connectivity index (χ3v) is 4.22. The van der Waals surface area contributed by atoms with E-state index in [0.717, 1.165) is 36.2 Å². The van der Waals surface area contributed by atoms with Crippen LogP contribution in [-0.2, 0) is 4.84 Å². The smallest absolute Gasteiger partial charge is 0.319 e. The Kier molecular flexibility index (Phi) is 2.14. The third kappa shape index (κ3) is 1.36. The van der Waals surface area contributed by atoms with Crippen LogP contribution in [0.1, 0.15) is 24.8 Å². The van der Waals surface area contributed by atoms with Gasteiger partial charge in [0, 0.05) is 11.1 Å². The van der Waals surface area contributed by atoms with Crippen molar-refractivity contribution in [2.75, 3.05) is 4.90 Å². The number of primary amides is 1. The van der Waals surface area contributed by atoms with E-state index in [9.17, 15) is 4.79 Å². The first-order valence-electron chi connectivity index (χ1n) is 6.61. The van der Waals surface area contributed by atoms with Crippen LogP contribution in [0.3, 0.4) is 0 Å². The number of hydrogen-bond donors (Lipinski definition) is 2. The molecule has 5 heteroatoms. The van der Waals surface area contributed by atoms with Gasteiger partial charge in [-0.3, -0.25) is 15.2 Å². The van der Waals surface area contributed by atoms with Gasteiger partial charge >= 0.3 is 6.03 Å². The van der Waals surface area contributed by atoms with E-state index < -0.39 is 6.03 Å². The largest absolute Gasteiger partial charge is 0.351 e. The molecule has 1 aromatic carbocycles. The van der Waals surface area contributed by atoms with Crippen LogP contribution >= 0.6 is 0 Å². The Bertz CT molecular complexity index is 596. The quantitative estimate of drug-likeness (QED) is 0.744. The van der Waals surface area contributed by atoms with Crippen molar-refractivity contribution < 1.29 is 9.63 Å². The molecule has 1 saturated carbocycles. The summed E-state index contributed by atoms with van der Waals surface area (Å²) in [7, 11) is 0. The summed E-state index contributed by atoms with van der Waals surface area (Å²) in [4.78, 5) is 19.2. The predicted octanol–water partition coefficient (Wildman–Crippen LogP) is 1.75. The van der Waals surface area contributed by atoms with E-state index in [1.165, 1.54) is 5.57 Å². The van der Waals surface area contributed by atoms with Gasteiger partial charge in [-0.15, -0.1) is 0 Å². The van der Waals surface area contributed by atoms with Crippen LogP contribution in [0.25, 0.3) is 5.70 Å². The van der Waals surface area contributed by atoms with Crippen molar-refractivity contribution in [1.29, 1.82) is 0 Å². The standard InChI is InChI=1S/C14H15N3O2/c15-14(18)17-9-5-2-1-4-8(9)13-12-10(17)6-3-7-11(12)19-16-13/h1-2,4-5,10-11,16H,3,6-7H2,(H2,15,18). The van der Waals surface area contributed by atoms with Crippen molar-refractivity contribution in [2.24, 2.45) is 5.73 Å². The number of hydrogen-bond acceptors (Lipinski definition) is 3. The minimum Gasteiger partial charge on any atom is -0.351 e. The predicted molar refractivity (Wildman–Crippen MR) is 71.1 cm³/mol. The second kappa shape index (κ2) is 3.74. The molecule has 3 aliphatic rings. The zero-order valence-electron chi connectivity index (χ0n) is 10.4. The fourth-order valence-corrected chi connectivity index (χ4v) is 3.48. The Morgan fingerprint density at radius 2 is 2.21 bits per heavy atom. The number of urea groups is 1. The summed E-state index contributed by atoms with van der Waals surface area (Å²) in [6.07, 6.45) is 3.05. The zero-order chi connectivity index (χ0) is 13.0. The average molecular weight is 257 g/mol. The number of carbonyl (C=O) groups is 1. The van der Waals surface area contributed by atoms with Crippen molar-refractivity contribution in [2.45, 2.75) is 31.4 Å². The molecule has 1 fully saturated rings. The molecular formula is C14H15N3O2. The van der Waals surface area contributed by atoms with Crippen LogP contribution in [-0.4, -0.2) is 18.2 Å². The van der Waals surface area contributed by atoms with Crippen LogP contribution < -0.4 is 16.1 Å². The van der Waals surface area contributed by atoms with Gasteiger partial charge in [0.05, 0.1) is 17.4 Å². The van der Waals surface area contributed by atoms with Gasteiger partial charge in [-0.25, -0.2) is 4.79 Å². The SMILES string of the molecule is NC(=O)N1c2ccccc2C2=C3C(CCCC31)ON2. The lowest BCUT2D eigenvalue weighted by Gasteiger charge is -2.39. The molecule has 4 rings (SSSR count). The Labute approximate surface area is 111 Å². The molecule has 0 bridgehead atoms. The van der Waals surface area contributed by atoms with Crippen molar-refractivity contribution in [3.63, 3.8) is 0 Å². The molecule has 0 aromatic heterocycles. The number of benzene rings is 1. The minimum atomic E-state index is -0.392. The maximum Gasteiger partial charge on any atom is 0.319 e. The Morgan fingerprint density at radius 1 is 1.37 bits per heavy atom. The average Bonchev–Trinajstić information content (AvgIpc) is 2.85. The highest BCUT2D eigenvalue weighted by Gasteiger charge is 2.44. The number of fused-ring (bicyclic) bond motifs is 2. The molecule has 19 heavy (non-hydrogen) atoms. The topological polar surface area (TPSA) is 67.6 Å². The molecule has 3 N–H and O–H groups in total. The molecule has 2 atom stereocenters. The lowest BCUT2D eigenvalue weighted by atomic mass is 9.81. The first-order valence-corrected chi connectivity index (χ1v) is 6.61. The molecule has 0 spiro atoms. The van der Waals surface area contributed by atoms with Crippen molar-refractivity contribution in [3.05, 3.63) is 35.4 Å². The Morgan fingerprint density at radius 3 is 3.05 bits per heavy atom. The zero-order valence-corrected chi connectivity index (χ0v) is 10.4. The minimum absolute atomic E-state index is 0.0381. The molecule has 1 aliphatic carbocycles.